The number of hydrogen-bond donors (Lipinski definition) is 1. The first-order valence-corrected chi connectivity index (χ1v) is 8.26. The van der Waals surface area contributed by atoms with Crippen molar-refractivity contribution in [3.05, 3.63) is 77.9 Å². The first-order valence-electron chi connectivity index (χ1n) is 8.26. The predicted octanol–water partition coefficient (Wildman–Crippen LogP) is 3.91. The molecule has 0 unspecified atom stereocenters. The maximum Gasteiger partial charge on any atom is 0.344 e. The third kappa shape index (κ3) is 2.14. The van der Waals surface area contributed by atoms with Gasteiger partial charge >= 0.3 is 5.97 Å². The molecular weight excluding hydrogens is 314 g/mol. The summed E-state index contributed by atoms with van der Waals surface area (Å²) < 4.78 is 5.28. The zero-order valence-corrected chi connectivity index (χ0v) is 13.8. The predicted molar refractivity (Wildman–Crippen MR) is 96.7 cm³/mol. The van der Waals surface area contributed by atoms with Gasteiger partial charge in [-0.1, -0.05) is 60.7 Å². The van der Waals surface area contributed by atoms with Crippen molar-refractivity contribution >= 4 is 28.2 Å². The summed E-state index contributed by atoms with van der Waals surface area (Å²) in [4.78, 5) is 26.2. The van der Waals surface area contributed by atoms with Crippen LogP contribution in [0.5, 0.6) is 0 Å². The van der Waals surface area contributed by atoms with Crippen molar-refractivity contribution in [2.24, 2.45) is 0 Å². The van der Waals surface area contributed by atoms with Crippen molar-refractivity contribution in [1.82, 2.24) is 0 Å². The third-order valence-electron chi connectivity index (χ3n) is 4.62. The second-order valence-electron chi connectivity index (χ2n) is 6.00. The van der Waals surface area contributed by atoms with E-state index in [0.29, 0.717) is 16.8 Å². The summed E-state index contributed by atoms with van der Waals surface area (Å²) in [6.07, 6.45) is 0. The van der Waals surface area contributed by atoms with Gasteiger partial charge in [-0.3, -0.25) is 4.79 Å². The molecule has 1 heterocycles. The molecule has 124 valence electrons. The van der Waals surface area contributed by atoms with Crippen LogP contribution in [0.2, 0.25) is 0 Å². The van der Waals surface area contributed by atoms with E-state index >= 15 is 0 Å². The Morgan fingerprint density at radius 3 is 2.48 bits per heavy atom. The number of anilines is 1. The van der Waals surface area contributed by atoms with Gasteiger partial charge in [-0.2, -0.15) is 0 Å². The number of ether oxygens (including phenoxy) is 1. The van der Waals surface area contributed by atoms with Crippen LogP contribution in [-0.2, 0) is 15.1 Å². The number of benzene rings is 3. The van der Waals surface area contributed by atoms with E-state index in [2.05, 4.69) is 5.32 Å². The summed E-state index contributed by atoms with van der Waals surface area (Å²) in [5.74, 6) is -0.857. The fourth-order valence-electron chi connectivity index (χ4n) is 3.43. The summed E-state index contributed by atoms with van der Waals surface area (Å²) in [5, 5.41) is 5.14. The van der Waals surface area contributed by atoms with E-state index < -0.39 is 11.5 Å². The van der Waals surface area contributed by atoms with Crippen LogP contribution in [0.1, 0.15) is 22.8 Å². The molecule has 0 amide bonds. The molecule has 0 aromatic heterocycles. The van der Waals surface area contributed by atoms with Gasteiger partial charge in [0.1, 0.15) is 0 Å². The number of rotatable bonds is 3. The maximum absolute atomic E-state index is 13.3. The van der Waals surface area contributed by atoms with Gasteiger partial charge in [-0.15, -0.1) is 0 Å². The highest BCUT2D eigenvalue weighted by molar-refractivity contribution is 6.27. The van der Waals surface area contributed by atoms with Crippen molar-refractivity contribution in [2.75, 3.05) is 11.9 Å². The molecule has 4 nitrogen and oxygen atoms in total. The molecule has 4 heteroatoms. The average molecular weight is 331 g/mol. The zero-order chi connectivity index (χ0) is 17.4. The van der Waals surface area contributed by atoms with Gasteiger partial charge in [0.2, 0.25) is 11.3 Å². The lowest BCUT2D eigenvalue weighted by molar-refractivity contribution is -0.146. The maximum atomic E-state index is 13.3. The zero-order valence-electron chi connectivity index (χ0n) is 13.8. The highest BCUT2D eigenvalue weighted by Gasteiger charge is 2.54. The SMILES string of the molecule is CCOC(=O)[C@]1(c2ccccc2)Nc2c(ccc3ccccc23)C1=O. The Morgan fingerprint density at radius 1 is 1.00 bits per heavy atom. The van der Waals surface area contributed by atoms with Crippen LogP contribution in [0, 0.1) is 0 Å². The molecule has 1 aliphatic heterocycles. The van der Waals surface area contributed by atoms with Crippen molar-refractivity contribution < 1.29 is 14.3 Å². The van der Waals surface area contributed by atoms with Crippen LogP contribution < -0.4 is 5.32 Å². The minimum absolute atomic E-state index is 0.208. The lowest BCUT2D eigenvalue weighted by Gasteiger charge is -2.26. The topological polar surface area (TPSA) is 55.4 Å². The molecule has 0 aliphatic carbocycles. The second kappa shape index (κ2) is 5.74. The standard InChI is InChI=1S/C21H17NO3/c1-2-25-20(24)21(15-9-4-3-5-10-15)19(23)17-13-12-14-8-6-7-11-16(14)18(17)22-21/h3-13,22H,2H2,1H3/t21-/m1/s1. The molecule has 3 aromatic rings. The number of carbonyl (C=O) groups excluding carboxylic acids is 2. The Bertz CT molecular complexity index is 981. The molecule has 1 aliphatic rings. The van der Waals surface area contributed by atoms with Gasteiger partial charge in [-0.25, -0.2) is 4.79 Å². The van der Waals surface area contributed by atoms with Gasteiger partial charge < -0.3 is 10.1 Å². The minimum atomic E-state index is -1.54. The average Bonchev–Trinajstić information content (AvgIpc) is 2.97. The summed E-state index contributed by atoms with van der Waals surface area (Å²) >= 11 is 0. The van der Waals surface area contributed by atoms with Crippen LogP contribution in [-0.4, -0.2) is 18.4 Å². The molecule has 0 bridgehead atoms. The van der Waals surface area contributed by atoms with Gasteiger partial charge in [0.15, 0.2) is 0 Å². The van der Waals surface area contributed by atoms with E-state index in [4.69, 9.17) is 4.74 Å². The van der Waals surface area contributed by atoms with Gasteiger partial charge in [0.25, 0.3) is 0 Å². The smallest absolute Gasteiger partial charge is 0.344 e. The Labute approximate surface area is 145 Å². The summed E-state index contributed by atoms with van der Waals surface area (Å²) in [5.41, 5.74) is 0.235. The highest BCUT2D eigenvalue weighted by Crippen LogP contribution is 2.43. The molecule has 0 saturated heterocycles. The van der Waals surface area contributed by atoms with Crippen molar-refractivity contribution in [2.45, 2.75) is 12.5 Å². The van der Waals surface area contributed by atoms with E-state index in [-0.39, 0.29) is 12.4 Å². The number of ketones is 1. The largest absolute Gasteiger partial charge is 0.464 e. The number of hydrogen-bond acceptors (Lipinski definition) is 4. The van der Waals surface area contributed by atoms with Crippen molar-refractivity contribution in [3.8, 4) is 0 Å². The summed E-state index contributed by atoms with van der Waals surface area (Å²) in [6.45, 7) is 1.94. The fourth-order valence-corrected chi connectivity index (χ4v) is 3.43. The second-order valence-corrected chi connectivity index (χ2v) is 6.00. The number of Topliss-reactive ketones (excluding diaryl/α,β-unsaturated/α-hetero) is 1. The molecular formula is C21H17NO3. The Kier molecular flexibility index (Phi) is 3.53. The van der Waals surface area contributed by atoms with Gasteiger partial charge in [0.05, 0.1) is 12.3 Å². The normalized spacial score (nSPS) is 18.7. The Hall–Kier alpha value is -3.14. The highest BCUT2D eigenvalue weighted by atomic mass is 16.5. The minimum Gasteiger partial charge on any atom is -0.464 e. The molecule has 0 spiro atoms. The molecule has 0 saturated carbocycles. The van der Waals surface area contributed by atoms with Crippen LogP contribution in [0.25, 0.3) is 10.8 Å². The first kappa shape index (κ1) is 15.4. The number of carbonyl (C=O) groups is 2. The number of nitrogens with one attached hydrogen (secondary N) is 1. The lowest BCUT2D eigenvalue weighted by Crippen LogP contribution is -2.47. The number of fused-ring (bicyclic) bond motifs is 3. The van der Waals surface area contributed by atoms with E-state index in [0.717, 1.165) is 10.8 Å². The lowest BCUT2D eigenvalue weighted by atomic mass is 9.85. The molecule has 25 heavy (non-hydrogen) atoms. The van der Waals surface area contributed by atoms with Crippen LogP contribution in [0.4, 0.5) is 5.69 Å². The Morgan fingerprint density at radius 2 is 1.72 bits per heavy atom. The quantitative estimate of drug-likeness (QED) is 0.584. The molecule has 4 rings (SSSR count). The molecule has 0 fully saturated rings. The first-order chi connectivity index (χ1) is 12.2. The monoisotopic (exact) mass is 331 g/mol. The number of esters is 1. The summed E-state index contributed by atoms with van der Waals surface area (Å²) in [6, 6.07) is 20.5. The fraction of sp³-hybridized carbons (Fsp3) is 0.143. The van der Waals surface area contributed by atoms with E-state index in [1.54, 1.807) is 25.1 Å². The Balaban J connectivity index is 1.96. The van der Waals surface area contributed by atoms with Crippen molar-refractivity contribution in [3.63, 3.8) is 0 Å². The van der Waals surface area contributed by atoms with Crippen molar-refractivity contribution in [1.29, 1.82) is 0 Å². The van der Waals surface area contributed by atoms with Crippen LogP contribution >= 0.6 is 0 Å². The van der Waals surface area contributed by atoms with E-state index in [1.807, 2.05) is 48.5 Å². The molecule has 1 atom stereocenters. The third-order valence-corrected chi connectivity index (χ3v) is 4.62. The van der Waals surface area contributed by atoms with E-state index in [1.165, 1.54) is 0 Å². The molecule has 0 radical (unpaired) electrons. The van der Waals surface area contributed by atoms with Gasteiger partial charge in [0, 0.05) is 10.9 Å². The van der Waals surface area contributed by atoms with Crippen LogP contribution in [0.3, 0.4) is 0 Å². The molecule has 1 N–H and O–H groups in total. The summed E-state index contributed by atoms with van der Waals surface area (Å²) in [7, 11) is 0. The molecule has 3 aromatic carbocycles. The van der Waals surface area contributed by atoms with Gasteiger partial charge in [-0.05, 0) is 23.9 Å². The van der Waals surface area contributed by atoms with Crippen LogP contribution in [0.15, 0.2) is 66.7 Å². The van der Waals surface area contributed by atoms with E-state index in [9.17, 15) is 9.59 Å².